The molecule has 0 aliphatic heterocycles. The molecule has 2 saturated carbocycles. The third-order valence-electron chi connectivity index (χ3n) is 2.59. The Labute approximate surface area is 61.8 Å². The molecule has 10 heavy (non-hydrogen) atoms. The van der Waals surface area contributed by atoms with Gasteiger partial charge in [0.2, 0.25) is 0 Å². The zero-order valence-electron chi connectivity index (χ0n) is 6.23. The number of rotatable bonds is 1. The summed E-state index contributed by atoms with van der Waals surface area (Å²) in [6.45, 7) is 0. The van der Waals surface area contributed by atoms with Crippen molar-refractivity contribution in [3.8, 4) is 0 Å². The van der Waals surface area contributed by atoms with Crippen LogP contribution in [0.25, 0.3) is 0 Å². The summed E-state index contributed by atoms with van der Waals surface area (Å²) >= 11 is 0. The van der Waals surface area contributed by atoms with Crippen molar-refractivity contribution in [3.63, 3.8) is 0 Å². The Bertz CT molecular complexity index is 147. The normalized spacial score (nSPS) is 34.4. The average Bonchev–Trinajstić information content (AvgIpc) is 2.71. The summed E-state index contributed by atoms with van der Waals surface area (Å²) in [4.78, 5) is 11.3. The SMILES string of the molecule is O=C1CCCCC1[C]1CC1. The predicted octanol–water partition coefficient (Wildman–Crippen LogP) is 2.11. The summed E-state index contributed by atoms with van der Waals surface area (Å²) in [6.07, 6.45) is 6.93. The van der Waals surface area contributed by atoms with E-state index in [-0.39, 0.29) is 0 Å². The predicted molar refractivity (Wildman–Crippen MR) is 39.4 cm³/mol. The van der Waals surface area contributed by atoms with Crippen molar-refractivity contribution in [2.24, 2.45) is 5.92 Å². The van der Waals surface area contributed by atoms with E-state index in [2.05, 4.69) is 0 Å². The Morgan fingerprint density at radius 1 is 1.10 bits per heavy atom. The molecule has 0 aromatic carbocycles. The van der Waals surface area contributed by atoms with Crippen molar-refractivity contribution in [2.75, 3.05) is 0 Å². The molecule has 0 saturated heterocycles. The summed E-state index contributed by atoms with van der Waals surface area (Å²) in [7, 11) is 0. The third kappa shape index (κ3) is 1.09. The molecule has 2 fully saturated rings. The molecule has 2 aliphatic rings. The highest BCUT2D eigenvalue weighted by Gasteiger charge is 2.37. The quantitative estimate of drug-likeness (QED) is 0.541. The van der Waals surface area contributed by atoms with E-state index < -0.39 is 0 Å². The maximum atomic E-state index is 11.3. The Morgan fingerprint density at radius 3 is 2.50 bits per heavy atom. The molecule has 0 heterocycles. The number of carbonyl (C=O) groups excluding carboxylic acids is 1. The highest BCUT2D eigenvalue weighted by Crippen LogP contribution is 2.44. The van der Waals surface area contributed by atoms with Crippen molar-refractivity contribution in [3.05, 3.63) is 5.92 Å². The van der Waals surface area contributed by atoms with Crippen LogP contribution < -0.4 is 0 Å². The summed E-state index contributed by atoms with van der Waals surface area (Å²) in [6, 6.07) is 0. The Morgan fingerprint density at radius 2 is 1.90 bits per heavy atom. The summed E-state index contributed by atoms with van der Waals surface area (Å²) in [5.74, 6) is 2.48. The molecule has 55 valence electrons. The molecule has 2 aliphatic carbocycles. The maximum Gasteiger partial charge on any atom is 0.136 e. The second kappa shape index (κ2) is 2.37. The minimum absolute atomic E-state index is 0.411. The first kappa shape index (κ1) is 6.38. The first-order chi connectivity index (χ1) is 4.88. The van der Waals surface area contributed by atoms with Gasteiger partial charge in [0, 0.05) is 12.3 Å². The minimum Gasteiger partial charge on any atom is -0.299 e. The van der Waals surface area contributed by atoms with Gasteiger partial charge >= 0.3 is 0 Å². The average molecular weight is 137 g/mol. The third-order valence-corrected chi connectivity index (χ3v) is 2.59. The van der Waals surface area contributed by atoms with Crippen LogP contribution in [0.4, 0.5) is 0 Å². The molecule has 1 heteroatoms. The molecule has 1 radical (unpaired) electrons. The van der Waals surface area contributed by atoms with Gasteiger partial charge in [-0.2, -0.15) is 0 Å². The van der Waals surface area contributed by atoms with Gasteiger partial charge in [0.15, 0.2) is 0 Å². The van der Waals surface area contributed by atoms with E-state index in [1.165, 1.54) is 19.3 Å². The fourth-order valence-electron chi connectivity index (χ4n) is 1.84. The van der Waals surface area contributed by atoms with Gasteiger partial charge in [-0.1, -0.05) is 6.42 Å². The van der Waals surface area contributed by atoms with Gasteiger partial charge in [-0.05, 0) is 31.6 Å². The lowest BCUT2D eigenvalue weighted by Gasteiger charge is -2.18. The van der Waals surface area contributed by atoms with Crippen LogP contribution in [0, 0.1) is 11.8 Å². The largest absolute Gasteiger partial charge is 0.299 e. The second-order valence-electron chi connectivity index (χ2n) is 3.42. The van der Waals surface area contributed by atoms with Crippen LogP contribution in [-0.2, 0) is 4.79 Å². The van der Waals surface area contributed by atoms with Crippen LogP contribution in [0.15, 0.2) is 0 Å². The molecule has 2 rings (SSSR count). The van der Waals surface area contributed by atoms with Crippen molar-refractivity contribution in [1.82, 2.24) is 0 Å². The Hall–Kier alpha value is -0.330. The number of hydrogen-bond donors (Lipinski definition) is 0. The van der Waals surface area contributed by atoms with Crippen LogP contribution in [0.1, 0.15) is 38.5 Å². The first-order valence-corrected chi connectivity index (χ1v) is 4.25. The molecule has 1 atom stereocenters. The fourth-order valence-corrected chi connectivity index (χ4v) is 1.84. The topological polar surface area (TPSA) is 17.1 Å². The van der Waals surface area contributed by atoms with Gasteiger partial charge in [-0.3, -0.25) is 4.79 Å². The first-order valence-electron chi connectivity index (χ1n) is 4.25. The van der Waals surface area contributed by atoms with Crippen molar-refractivity contribution >= 4 is 5.78 Å². The number of hydrogen-bond acceptors (Lipinski definition) is 1. The summed E-state index contributed by atoms with van der Waals surface area (Å²) in [5, 5.41) is 0. The lowest BCUT2D eigenvalue weighted by Crippen LogP contribution is -2.19. The maximum absolute atomic E-state index is 11.3. The van der Waals surface area contributed by atoms with Gasteiger partial charge in [0.1, 0.15) is 5.78 Å². The molecule has 0 amide bonds. The molecule has 1 nitrogen and oxygen atoms in total. The van der Waals surface area contributed by atoms with E-state index in [9.17, 15) is 4.79 Å². The van der Waals surface area contributed by atoms with E-state index in [1.807, 2.05) is 0 Å². The molecule has 0 spiro atoms. The smallest absolute Gasteiger partial charge is 0.136 e. The number of carbonyl (C=O) groups is 1. The molecule has 0 aromatic rings. The van der Waals surface area contributed by atoms with E-state index >= 15 is 0 Å². The van der Waals surface area contributed by atoms with Crippen LogP contribution in [0.5, 0.6) is 0 Å². The summed E-state index contributed by atoms with van der Waals surface area (Å²) in [5.41, 5.74) is 0. The van der Waals surface area contributed by atoms with Gasteiger partial charge in [-0.15, -0.1) is 0 Å². The van der Waals surface area contributed by atoms with Crippen LogP contribution in [0.3, 0.4) is 0 Å². The van der Waals surface area contributed by atoms with Gasteiger partial charge in [-0.25, -0.2) is 0 Å². The van der Waals surface area contributed by atoms with Crippen LogP contribution >= 0.6 is 0 Å². The number of ketones is 1. The second-order valence-corrected chi connectivity index (χ2v) is 3.42. The lowest BCUT2D eigenvalue weighted by molar-refractivity contribution is -0.123. The molecule has 0 bridgehead atoms. The zero-order valence-corrected chi connectivity index (χ0v) is 6.23. The highest BCUT2D eigenvalue weighted by molar-refractivity contribution is 5.84. The summed E-state index contributed by atoms with van der Waals surface area (Å²) < 4.78 is 0. The van der Waals surface area contributed by atoms with Crippen molar-refractivity contribution in [1.29, 1.82) is 0 Å². The van der Waals surface area contributed by atoms with E-state index in [4.69, 9.17) is 0 Å². The fraction of sp³-hybridized carbons (Fsp3) is 0.778. The van der Waals surface area contributed by atoms with E-state index in [1.54, 1.807) is 5.92 Å². The molecule has 0 N–H and O–H groups in total. The van der Waals surface area contributed by atoms with Gasteiger partial charge < -0.3 is 0 Å². The Balaban J connectivity index is 1.96. The minimum atomic E-state index is 0.411. The van der Waals surface area contributed by atoms with E-state index in [0.29, 0.717) is 11.7 Å². The lowest BCUT2D eigenvalue weighted by atomic mass is 9.85. The molecular formula is C9H13O. The van der Waals surface area contributed by atoms with Crippen molar-refractivity contribution in [2.45, 2.75) is 38.5 Å². The van der Waals surface area contributed by atoms with Crippen LogP contribution in [-0.4, -0.2) is 5.78 Å². The molecular weight excluding hydrogens is 124 g/mol. The number of Topliss-reactive ketones (excluding diaryl/α,β-unsaturated/α-hetero) is 1. The standard InChI is InChI=1S/C9H13O/c10-9-4-2-1-3-8(9)7-5-6-7/h8H,1-6H2. The zero-order chi connectivity index (χ0) is 6.97. The molecule has 1 unspecified atom stereocenters. The molecule has 0 aromatic heterocycles. The van der Waals surface area contributed by atoms with Crippen molar-refractivity contribution < 1.29 is 4.79 Å². The monoisotopic (exact) mass is 137 g/mol. The van der Waals surface area contributed by atoms with Crippen LogP contribution in [0.2, 0.25) is 0 Å². The Kier molecular flexibility index (Phi) is 1.51. The van der Waals surface area contributed by atoms with E-state index in [0.717, 1.165) is 19.3 Å². The highest BCUT2D eigenvalue weighted by atomic mass is 16.1. The van der Waals surface area contributed by atoms with Gasteiger partial charge in [0.25, 0.3) is 0 Å². The van der Waals surface area contributed by atoms with Gasteiger partial charge in [0.05, 0.1) is 0 Å².